The fourth-order valence-corrected chi connectivity index (χ4v) is 1.83. The molecule has 4 heteroatoms. The normalized spacial score (nSPS) is 11.9. The molecule has 1 amide bonds. The van der Waals surface area contributed by atoms with Gasteiger partial charge in [-0.2, -0.15) is 0 Å². The van der Waals surface area contributed by atoms with Crippen LogP contribution in [0.5, 0.6) is 0 Å². The van der Waals surface area contributed by atoms with Crippen LogP contribution in [0.25, 0.3) is 0 Å². The average Bonchev–Trinajstić information content (AvgIpc) is 2.40. The minimum atomic E-state index is -0.218. The highest BCUT2D eigenvalue weighted by Gasteiger charge is 2.13. The van der Waals surface area contributed by atoms with Crippen molar-refractivity contribution in [1.82, 2.24) is 10.3 Å². The lowest BCUT2D eigenvalue weighted by Crippen LogP contribution is -2.26. The van der Waals surface area contributed by atoms with Crippen LogP contribution < -0.4 is 5.32 Å². The number of aromatic nitrogens is 1. The van der Waals surface area contributed by atoms with Crippen LogP contribution in [-0.2, 0) is 0 Å². The van der Waals surface area contributed by atoms with Crippen molar-refractivity contribution in [3.8, 4) is 0 Å². The minimum Gasteiger partial charge on any atom is -0.345 e. The van der Waals surface area contributed by atoms with Crippen LogP contribution in [0.2, 0.25) is 5.02 Å². The van der Waals surface area contributed by atoms with E-state index in [4.69, 9.17) is 11.6 Å². The Morgan fingerprint density at radius 3 is 2.67 bits per heavy atom. The zero-order chi connectivity index (χ0) is 13.0. The van der Waals surface area contributed by atoms with Gasteiger partial charge in [0, 0.05) is 12.4 Å². The molecule has 0 bridgehead atoms. The van der Waals surface area contributed by atoms with E-state index >= 15 is 0 Å². The highest BCUT2D eigenvalue weighted by Crippen LogP contribution is 2.16. The molecule has 0 aliphatic heterocycles. The van der Waals surface area contributed by atoms with Gasteiger partial charge in [0.2, 0.25) is 0 Å². The zero-order valence-electron chi connectivity index (χ0n) is 9.93. The summed E-state index contributed by atoms with van der Waals surface area (Å²) in [4.78, 5) is 15.9. The van der Waals surface area contributed by atoms with Gasteiger partial charge in [-0.05, 0) is 18.6 Å². The third kappa shape index (κ3) is 2.87. The van der Waals surface area contributed by atoms with Crippen molar-refractivity contribution in [3.05, 3.63) is 64.9 Å². The zero-order valence-corrected chi connectivity index (χ0v) is 10.7. The molecule has 0 aliphatic rings. The van der Waals surface area contributed by atoms with Gasteiger partial charge in [-0.15, -0.1) is 0 Å². The first-order chi connectivity index (χ1) is 8.68. The molecule has 0 aliphatic carbocycles. The number of rotatable bonds is 3. The van der Waals surface area contributed by atoms with Crippen LogP contribution in [0, 0.1) is 0 Å². The maximum Gasteiger partial charge on any atom is 0.254 e. The largest absolute Gasteiger partial charge is 0.345 e. The van der Waals surface area contributed by atoms with Crippen LogP contribution in [0.4, 0.5) is 0 Å². The Hall–Kier alpha value is -1.87. The molecule has 0 saturated heterocycles. The van der Waals surface area contributed by atoms with Gasteiger partial charge in [-0.1, -0.05) is 41.9 Å². The topological polar surface area (TPSA) is 42.0 Å². The van der Waals surface area contributed by atoms with E-state index in [1.165, 1.54) is 6.20 Å². The first-order valence-corrected chi connectivity index (χ1v) is 6.01. The second-order valence-corrected chi connectivity index (χ2v) is 4.37. The van der Waals surface area contributed by atoms with Crippen molar-refractivity contribution in [3.63, 3.8) is 0 Å². The van der Waals surface area contributed by atoms with Crippen LogP contribution >= 0.6 is 11.6 Å². The number of carbonyl (C=O) groups is 1. The molecule has 3 nitrogen and oxygen atoms in total. The second kappa shape index (κ2) is 5.65. The molecule has 1 N–H and O–H groups in total. The summed E-state index contributed by atoms with van der Waals surface area (Å²) in [5.41, 5.74) is 1.44. The van der Waals surface area contributed by atoms with Gasteiger partial charge in [-0.25, -0.2) is 0 Å². The first kappa shape index (κ1) is 12.6. The van der Waals surface area contributed by atoms with Gasteiger partial charge < -0.3 is 5.32 Å². The molecule has 2 rings (SSSR count). The van der Waals surface area contributed by atoms with Gasteiger partial charge in [0.15, 0.2) is 0 Å². The van der Waals surface area contributed by atoms with Crippen molar-refractivity contribution < 1.29 is 4.79 Å². The summed E-state index contributed by atoms with van der Waals surface area (Å²) in [7, 11) is 0. The van der Waals surface area contributed by atoms with Gasteiger partial charge >= 0.3 is 0 Å². The predicted molar refractivity (Wildman–Crippen MR) is 71.6 cm³/mol. The molecule has 0 fully saturated rings. The number of hydrogen-bond acceptors (Lipinski definition) is 2. The van der Waals surface area contributed by atoms with Gasteiger partial charge in [-0.3, -0.25) is 9.78 Å². The Morgan fingerprint density at radius 2 is 2.00 bits per heavy atom. The number of nitrogens with zero attached hydrogens (tertiary/aromatic N) is 1. The molecule has 1 aromatic heterocycles. The summed E-state index contributed by atoms with van der Waals surface area (Å²) in [5, 5.41) is 3.30. The lowest BCUT2D eigenvalue weighted by atomic mass is 10.1. The van der Waals surface area contributed by atoms with Crippen molar-refractivity contribution in [1.29, 1.82) is 0 Å². The predicted octanol–water partition coefficient (Wildman–Crippen LogP) is 3.23. The molecule has 1 heterocycles. The summed E-state index contributed by atoms with van der Waals surface area (Å²) in [6, 6.07) is 11.3. The fourth-order valence-electron chi connectivity index (χ4n) is 1.64. The number of hydrogen-bond donors (Lipinski definition) is 1. The smallest absolute Gasteiger partial charge is 0.254 e. The van der Waals surface area contributed by atoms with Crippen molar-refractivity contribution >= 4 is 17.5 Å². The van der Waals surface area contributed by atoms with E-state index in [1.54, 1.807) is 12.3 Å². The second-order valence-electron chi connectivity index (χ2n) is 3.96. The Balaban J connectivity index is 2.11. The van der Waals surface area contributed by atoms with Crippen LogP contribution in [0.3, 0.4) is 0 Å². The van der Waals surface area contributed by atoms with Crippen LogP contribution in [0.15, 0.2) is 48.8 Å². The molecule has 1 atom stereocenters. The SMILES string of the molecule is CC(NC(=O)c1cnccc1Cl)c1ccccc1. The van der Waals surface area contributed by atoms with E-state index in [1.807, 2.05) is 37.3 Å². The van der Waals surface area contributed by atoms with E-state index in [9.17, 15) is 4.79 Å². The summed E-state index contributed by atoms with van der Waals surface area (Å²) in [5.74, 6) is -0.218. The van der Waals surface area contributed by atoms with E-state index in [0.717, 1.165) is 5.56 Å². The Labute approximate surface area is 111 Å². The monoisotopic (exact) mass is 260 g/mol. The van der Waals surface area contributed by atoms with E-state index in [-0.39, 0.29) is 11.9 Å². The summed E-state index contributed by atoms with van der Waals surface area (Å²) in [6.07, 6.45) is 3.02. The number of amides is 1. The Kier molecular flexibility index (Phi) is 3.95. The molecule has 0 saturated carbocycles. The van der Waals surface area contributed by atoms with E-state index in [0.29, 0.717) is 10.6 Å². The Morgan fingerprint density at radius 1 is 1.28 bits per heavy atom. The molecule has 1 aromatic carbocycles. The third-order valence-electron chi connectivity index (χ3n) is 2.66. The number of nitrogens with one attached hydrogen (secondary N) is 1. The first-order valence-electron chi connectivity index (χ1n) is 5.64. The molecular weight excluding hydrogens is 248 g/mol. The van der Waals surface area contributed by atoms with E-state index in [2.05, 4.69) is 10.3 Å². The third-order valence-corrected chi connectivity index (χ3v) is 2.99. The summed E-state index contributed by atoms with van der Waals surface area (Å²) in [6.45, 7) is 1.93. The van der Waals surface area contributed by atoms with Crippen molar-refractivity contribution in [2.45, 2.75) is 13.0 Å². The quantitative estimate of drug-likeness (QED) is 0.921. The maximum absolute atomic E-state index is 12.0. The Bertz CT molecular complexity index is 543. The number of pyridine rings is 1. The minimum absolute atomic E-state index is 0.0741. The molecular formula is C14H13ClN2O. The summed E-state index contributed by atoms with van der Waals surface area (Å²) >= 11 is 5.95. The molecule has 0 spiro atoms. The molecule has 0 radical (unpaired) electrons. The summed E-state index contributed by atoms with van der Waals surface area (Å²) < 4.78 is 0. The lowest BCUT2D eigenvalue weighted by molar-refractivity contribution is 0.0939. The van der Waals surface area contributed by atoms with Gasteiger partial charge in [0.25, 0.3) is 5.91 Å². The van der Waals surface area contributed by atoms with Crippen LogP contribution in [0.1, 0.15) is 28.9 Å². The average molecular weight is 261 g/mol. The van der Waals surface area contributed by atoms with E-state index < -0.39 is 0 Å². The highest BCUT2D eigenvalue weighted by molar-refractivity contribution is 6.33. The number of carbonyl (C=O) groups excluding carboxylic acids is 1. The molecule has 92 valence electrons. The van der Waals surface area contributed by atoms with Crippen molar-refractivity contribution in [2.75, 3.05) is 0 Å². The molecule has 18 heavy (non-hydrogen) atoms. The highest BCUT2D eigenvalue weighted by atomic mass is 35.5. The van der Waals surface area contributed by atoms with Crippen molar-refractivity contribution in [2.24, 2.45) is 0 Å². The fraction of sp³-hybridized carbons (Fsp3) is 0.143. The lowest BCUT2D eigenvalue weighted by Gasteiger charge is -2.14. The van der Waals surface area contributed by atoms with Gasteiger partial charge in [0.05, 0.1) is 16.6 Å². The molecule has 1 unspecified atom stereocenters. The number of halogens is 1. The molecule has 2 aromatic rings. The maximum atomic E-state index is 12.0. The number of benzene rings is 1. The standard InChI is InChI=1S/C14H13ClN2O/c1-10(11-5-3-2-4-6-11)17-14(18)12-9-16-8-7-13(12)15/h2-10H,1H3,(H,17,18). The van der Waals surface area contributed by atoms with Gasteiger partial charge in [0.1, 0.15) is 0 Å². The van der Waals surface area contributed by atoms with Crippen LogP contribution in [-0.4, -0.2) is 10.9 Å².